The first kappa shape index (κ1) is 20.7. The van der Waals surface area contributed by atoms with Gasteiger partial charge in [-0.3, -0.25) is 14.9 Å². The van der Waals surface area contributed by atoms with E-state index in [0.29, 0.717) is 17.9 Å². The summed E-state index contributed by atoms with van der Waals surface area (Å²) in [5, 5.41) is 11.3. The number of aliphatic imine (C=N–C) groups is 1. The Kier molecular flexibility index (Phi) is 5.66. The zero-order valence-electron chi connectivity index (χ0n) is 18.4. The maximum Gasteiger partial charge on any atom is 0.124 e. The van der Waals surface area contributed by atoms with E-state index in [0.717, 1.165) is 47.3 Å². The van der Waals surface area contributed by atoms with Crippen molar-refractivity contribution >= 4 is 17.1 Å². The van der Waals surface area contributed by atoms with Gasteiger partial charge in [-0.2, -0.15) is 0 Å². The number of para-hydroxylation sites is 1. The van der Waals surface area contributed by atoms with Crippen LogP contribution in [0, 0.1) is 11.8 Å². The molecule has 3 saturated heterocycles. The van der Waals surface area contributed by atoms with E-state index in [4.69, 9.17) is 9.73 Å². The third kappa shape index (κ3) is 3.78. The van der Waals surface area contributed by atoms with Crippen LogP contribution in [0.2, 0.25) is 0 Å². The lowest BCUT2D eigenvalue weighted by Crippen LogP contribution is -2.54. The number of methoxy groups -OCH3 is 1. The van der Waals surface area contributed by atoms with Crippen molar-refractivity contribution in [3.63, 3.8) is 0 Å². The molecule has 1 unspecified atom stereocenters. The molecule has 6 rings (SSSR count). The molecular formula is C27H29N3O2. The van der Waals surface area contributed by atoms with E-state index in [2.05, 4.69) is 34.7 Å². The molecule has 0 spiro atoms. The second-order valence-electron chi connectivity index (χ2n) is 8.81. The molecule has 3 fully saturated rings. The highest BCUT2D eigenvalue weighted by molar-refractivity contribution is 5.86. The van der Waals surface area contributed by atoms with Crippen LogP contribution in [0.1, 0.15) is 30.0 Å². The van der Waals surface area contributed by atoms with Gasteiger partial charge in [0.1, 0.15) is 11.5 Å². The standard InChI is InChI=1S/C27H29N3O2/c1-3-18-17-30-13-11-19(18)14-25(30)27(29-16-20-6-4-5-7-26(20)31)22-10-12-28-24-9-8-21(32-2)15-23(22)24/h3-10,12,15-16,18-19,25,27,31H,1,11,13-14,17H2,2H3/t18-,19+,25+,27+/m1/s1. The van der Waals surface area contributed by atoms with Crippen LogP contribution < -0.4 is 4.74 Å². The van der Waals surface area contributed by atoms with Crippen LogP contribution in [0.5, 0.6) is 11.5 Å². The number of rotatable bonds is 6. The quantitative estimate of drug-likeness (QED) is 0.444. The largest absolute Gasteiger partial charge is 0.507 e. The van der Waals surface area contributed by atoms with Gasteiger partial charge in [0, 0.05) is 35.9 Å². The Morgan fingerprint density at radius 3 is 2.88 bits per heavy atom. The van der Waals surface area contributed by atoms with Gasteiger partial charge in [0.15, 0.2) is 0 Å². The van der Waals surface area contributed by atoms with E-state index in [9.17, 15) is 5.11 Å². The third-order valence-corrected chi connectivity index (χ3v) is 7.13. The summed E-state index contributed by atoms with van der Waals surface area (Å²) in [6.07, 6.45) is 8.12. The number of benzene rings is 2. The summed E-state index contributed by atoms with van der Waals surface area (Å²) in [5.41, 5.74) is 2.81. The average Bonchev–Trinajstić information content (AvgIpc) is 2.85. The molecule has 1 aromatic heterocycles. The second kappa shape index (κ2) is 8.75. The predicted molar refractivity (Wildman–Crippen MR) is 129 cm³/mol. The van der Waals surface area contributed by atoms with E-state index in [1.54, 1.807) is 13.2 Å². The summed E-state index contributed by atoms with van der Waals surface area (Å²) in [7, 11) is 1.69. The van der Waals surface area contributed by atoms with Gasteiger partial charge in [-0.25, -0.2) is 0 Å². The lowest BCUT2D eigenvalue weighted by molar-refractivity contribution is 0.00796. The van der Waals surface area contributed by atoms with E-state index in [1.165, 1.54) is 6.42 Å². The van der Waals surface area contributed by atoms with E-state index in [1.807, 2.05) is 42.7 Å². The lowest BCUT2D eigenvalue weighted by atomic mass is 9.73. The van der Waals surface area contributed by atoms with E-state index in [-0.39, 0.29) is 11.8 Å². The number of pyridine rings is 1. The Hall–Kier alpha value is -3.18. The molecule has 3 aromatic rings. The molecule has 5 atom stereocenters. The molecule has 2 aromatic carbocycles. The normalized spacial score (nSPS) is 25.8. The number of hydrogen-bond donors (Lipinski definition) is 1. The molecule has 32 heavy (non-hydrogen) atoms. The zero-order valence-corrected chi connectivity index (χ0v) is 18.4. The Balaban J connectivity index is 1.60. The van der Waals surface area contributed by atoms with Crippen molar-refractivity contribution in [3.8, 4) is 11.5 Å². The Morgan fingerprint density at radius 2 is 2.12 bits per heavy atom. The summed E-state index contributed by atoms with van der Waals surface area (Å²) in [6, 6.07) is 15.7. The first-order valence-corrected chi connectivity index (χ1v) is 11.3. The first-order valence-electron chi connectivity index (χ1n) is 11.3. The molecule has 3 aliphatic heterocycles. The van der Waals surface area contributed by atoms with Crippen molar-refractivity contribution in [2.45, 2.75) is 24.9 Å². The molecule has 0 saturated carbocycles. The number of hydrogen-bond acceptors (Lipinski definition) is 5. The maximum atomic E-state index is 10.3. The highest BCUT2D eigenvalue weighted by Gasteiger charge is 2.42. The van der Waals surface area contributed by atoms with Crippen molar-refractivity contribution in [1.82, 2.24) is 9.88 Å². The van der Waals surface area contributed by atoms with Gasteiger partial charge in [-0.15, -0.1) is 6.58 Å². The van der Waals surface area contributed by atoms with Gasteiger partial charge < -0.3 is 9.84 Å². The molecule has 5 heteroatoms. The Morgan fingerprint density at radius 1 is 1.25 bits per heavy atom. The van der Waals surface area contributed by atoms with Crippen molar-refractivity contribution in [2.24, 2.45) is 16.8 Å². The summed E-state index contributed by atoms with van der Waals surface area (Å²) in [5.74, 6) is 2.26. The third-order valence-electron chi connectivity index (χ3n) is 7.13. The monoisotopic (exact) mass is 427 g/mol. The molecule has 0 radical (unpaired) electrons. The van der Waals surface area contributed by atoms with E-state index < -0.39 is 0 Å². The fourth-order valence-corrected chi connectivity index (χ4v) is 5.38. The minimum absolute atomic E-state index is 0.0687. The second-order valence-corrected chi connectivity index (χ2v) is 8.81. The molecule has 1 N–H and O–H groups in total. The minimum atomic E-state index is -0.0687. The van der Waals surface area contributed by atoms with Crippen LogP contribution in [0.4, 0.5) is 0 Å². The van der Waals surface area contributed by atoms with Crippen LogP contribution >= 0.6 is 0 Å². The number of fused-ring (bicyclic) bond motifs is 4. The average molecular weight is 428 g/mol. The number of phenols is 1. The van der Waals surface area contributed by atoms with Gasteiger partial charge in [0.05, 0.1) is 18.7 Å². The highest BCUT2D eigenvalue weighted by Crippen LogP contribution is 2.43. The van der Waals surface area contributed by atoms with Crippen molar-refractivity contribution in [2.75, 3.05) is 20.2 Å². The molecule has 164 valence electrons. The zero-order chi connectivity index (χ0) is 22.1. The van der Waals surface area contributed by atoms with Gasteiger partial charge >= 0.3 is 0 Å². The fourth-order valence-electron chi connectivity index (χ4n) is 5.38. The molecular weight excluding hydrogens is 398 g/mol. The van der Waals surface area contributed by atoms with Crippen LogP contribution in [0.25, 0.3) is 10.9 Å². The van der Waals surface area contributed by atoms with Crippen LogP contribution in [0.15, 0.2) is 72.4 Å². The molecule has 0 amide bonds. The van der Waals surface area contributed by atoms with E-state index >= 15 is 0 Å². The maximum absolute atomic E-state index is 10.3. The number of phenolic OH excluding ortho intramolecular Hbond substituents is 1. The smallest absolute Gasteiger partial charge is 0.124 e. The summed E-state index contributed by atoms with van der Waals surface area (Å²) in [4.78, 5) is 12.3. The summed E-state index contributed by atoms with van der Waals surface area (Å²) in [6.45, 7) is 6.20. The van der Waals surface area contributed by atoms with Gasteiger partial charge in [-0.05, 0) is 73.2 Å². The lowest BCUT2D eigenvalue weighted by Gasteiger charge is -2.51. The number of aromatic hydroxyl groups is 1. The number of nitrogens with zero attached hydrogens (tertiary/aromatic N) is 3. The first-order chi connectivity index (χ1) is 15.7. The summed E-state index contributed by atoms with van der Waals surface area (Å²) >= 11 is 0. The molecule has 5 nitrogen and oxygen atoms in total. The van der Waals surface area contributed by atoms with Crippen molar-refractivity contribution < 1.29 is 9.84 Å². The van der Waals surface area contributed by atoms with Crippen LogP contribution in [-0.2, 0) is 0 Å². The van der Waals surface area contributed by atoms with Gasteiger partial charge in [-0.1, -0.05) is 18.2 Å². The van der Waals surface area contributed by atoms with Crippen LogP contribution in [-0.4, -0.2) is 47.4 Å². The Labute approximate surface area is 189 Å². The minimum Gasteiger partial charge on any atom is -0.507 e. The molecule has 0 aliphatic carbocycles. The SMILES string of the molecule is C=C[C@@H]1CN2CC[C@H]1C[C@H]2[C@@H](N=Cc1ccccc1O)c1ccnc2ccc(OC)cc12. The summed E-state index contributed by atoms with van der Waals surface area (Å²) < 4.78 is 5.50. The molecule has 3 aliphatic rings. The van der Waals surface area contributed by atoms with Crippen LogP contribution in [0.3, 0.4) is 0 Å². The number of ether oxygens (including phenoxy) is 1. The topological polar surface area (TPSA) is 58.0 Å². The predicted octanol–water partition coefficient (Wildman–Crippen LogP) is 5.01. The number of aromatic nitrogens is 1. The number of piperidine rings is 3. The highest BCUT2D eigenvalue weighted by atomic mass is 16.5. The van der Waals surface area contributed by atoms with Crippen molar-refractivity contribution in [3.05, 3.63) is 78.5 Å². The molecule has 4 heterocycles. The van der Waals surface area contributed by atoms with Crippen molar-refractivity contribution in [1.29, 1.82) is 0 Å². The Bertz CT molecular complexity index is 1160. The fraction of sp³-hybridized carbons (Fsp3) is 0.333. The van der Waals surface area contributed by atoms with Gasteiger partial charge in [0.25, 0.3) is 0 Å². The molecule has 2 bridgehead atoms. The van der Waals surface area contributed by atoms with Gasteiger partial charge in [0.2, 0.25) is 0 Å².